The summed E-state index contributed by atoms with van der Waals surface area (Å²) in [5.74, 6) is 2.68. The number of hydrogen-bond acceptors (Lipinski definition) is 3. The summed E-state index contributed by atoms with van der Waals surface area (Å²) in [5, 5.41) is 0. The molecule has 1 atom stereocenters. The largest absolute Gasteiger partial charge is 0.342 e. The van der Waals surface area contributed by atoms with Gasteiger partial charge in [0.1, 0.15) is 5.82 Å². The third-order valence-electron chi connectivity index (χ3n) is 5.19. The zero-order valence-corrected chi connectivity index (χ0v) is 14.2. The molecule has 2 aromatic rings. The van der Waals surface area contributed by atoms with Gasteiger partial charge in [0, 0.05) is 49.8 Å². The summed E-state index contributed by atoms with van der Waals surface area (Å²) < 4.78 is 2.39. The van der Waals surface area contributed by atoms with Crippen molar-refractivity contribution in [3.63, 3.8) is 0 Å². The Bertz CT molecular complexity index is 720. The lowest BCUT2D eigenvalue weighted by atomic mass is 10.1. The van der Waals surface area contributed by atoms with Crippen molar-refractivity contribution >= 4 is 5.91 Å². The number of pyridine rings is 1. The van der Waals surface area contributed by atoms with Crippen LogP contribution in [0.1, 0.15) is 42.3 Å². The Kier molecular flexibility index (Phi) is 4.08. The van der Waals surface area contributed by atoms with Gasteiger partial charge < -0.3 is 9.47 Å². The maximum Gasteiger partial charge on any atom is 0.227 e. The minimum atomic E-state index is 0.218. The van der Waals surface area contributed by atoms with Crippen molar-refractivity contribution < 1.29 is 4.79 Å². The molecule has 5 nitrogen and oxygen atoms in total. The maximum absolute atomic E-state index is 12.5. The van der Waals surface area contributed by atoms with Gasteiger partial charge >= 0.3 is 0 Å². The number of rotatable bonds is 5. The van der Waals surface area contributed by atoms with Gasteiger partial charge in [-0.25, -0.2) is 4.98 Å². The van der Waals surface area contributed by atoms with Gasteiger partial charge in [0.15, 0.2) is 0 Å². The van der Waals surface area contributed by atoms with Crippen LogP contribution in [-0.2, 0) is 17.8 Å². The molecule has 4 rings (SSSR count). The number of hydrogen-bond donors (Lipinski definition) is 0. The zero-order valence-electron chi connectivity index (χ0n) is 14.2. The molecule has 0 spiro atoms. The molecule has 2 aromatic heterocycles. The fourth-order valence-electron chi connectivity index (χ4n) is 3.64. The monoisotopic (exact) mass is 324 g/mol. The molecule has 0 radical (unpaired) electrons. The van der Waals surface area contributed by atoms with Crippen molar-refractivity contribution in [2.75, 3.05) is 13.1 Å². The van der Waals surface area contributed by atoms with Crippen LogP contribution in [0.3, 0.4) is 0 Å². The third-order valence-corrected chi connectivity index (χ3v) is 5.19. The van der Waals surface area contributed by atoms with Crippen LogP contribution < -0.4 is 0 Å². The first-order chi connectivity index (χ1) is 11.7. The molecule has 0 aromatic carbocycles. The topological polar surface area (TPSA) is 51.0 Å². The highest BCUT2D eigenvalue weighted by molar-refractivity contribution is 5.78. The summed E-state index contributed by atoms with van der Waals surface area (Å²) in [7, 11) is 0. The molecule has 1 saturated heterocycles. The number of nitrogens with zero attached hydrogens (tertiary/aromatic N) is 4. The molecule has 3 heterocycles. The average Bonchev–Trinajstić information content (AvgIpc) is 3.21. The van der Waals surface area contributed by atoms with E-state index in [-0.39, 0.29) is 5.91 Å². The second-order valence-corrected chi connectivity index (χ2v) is 7.18. The Morgan fingerprint density at radius 2 is 2.17 bits per heavy atom. The number of imidazole rings is 1. The van der Waals surface area contributed by atoms with Gasteiger partial charge in [0.25, 0.3) is 0 Å². The molecule has 5 heteroatoms. The molecule has 126 valence electrons. The Morgan fingerprint density at radius 3 is 2.92 bits per heavy atom. The number of amides is 1. The highest BCUT2D eigenvalue weighted by Crippen LogP contribution is 2.40. The van der Waals surface area contributed by atoms with E-state index in [1.54, 1.807) is 12.4 Å². The predicted molar refractivity (Wildman–Crippen MR) is 91.6 cm³/mol. The SMILES string of the molecule is Cc1cnc(C2CC2)n1CC1CCN(C(=O)Cc2cccnc2)C1. The van der Waals surface area contributed by atoms with E-state index in [1.165, 1.54) is 24.4 Å². The van der Waals surface area contributed by atoms with E-state index in [0.717, 1.165) is 31.6 Å². The molecule has 2 fully saturated rings. The molecular formula is C19H24N4O. The summed E-state index contributed by atoms with van der Waals surface area (Å²) in [5.41, 5.74) is 2.24. The van der Waals surface area contributed by atoms with E-state index in [0.29, 0.717) is 18.3 Å². The minimum Gasteiger partial charge on any atom is -0.342 e. The molecule has 0 N–H and O–H groups in total. The molecular weight excluding hydrogens is 300 g/mol. The summed E-state index contributed by atoms with van der Waals surface area (Å²) in [6, 6.07) is 3.85. The van der Waals surface area contributed by atoms with Gasteiger partial charge in [-0.1, -0.05) is 6.07 Å². The first-order valence-electron chi connectivity index (χ1n) is 8.89. The normalized spacial score (nSPS) is 20.5. The summed E-state index contributed by atoms with van der Waals surface area (Å²) >= 11 is 0. The Balaban J connectivity index is 1.36. The van der Waals surface area contributed by atoms with E-state index < -0.39 is 0 Å². The molecule has 0 bridgehead atoms. The van der Waals surface area contributed by atoms with Gasteiger partial charge in [-0.05, 0) is 43.7 Å². The minimum absolute atomic E-state index is 0.218. The van der Waals surface area contributed by atoms with Crippen LogP contribution in [0.2, 0.25) is 0 Å². The molecule has 1 aliphatic carbocycles. The predicted octanol–water partition coefficient (Wildman–Crippen LogP) is 2.56. The van der Waals surface area contributed by atoms with Crippen molar-refractivity contribution in [1.82, 2.24) is 19.4 Å². The van der Waals surface area contributed by atoms with Gasteiger partial charge in [-0.15, -0.1) is 0 Å². The van der Waals surface area contributed by atoms with Crippen LogP contribution in [0.15, 0.2) is 30.7 Å². The van der Waals surface area contributed by atoms with Crippen LogP contribution in [0.4, 0.5) is 0 Å². The van der Waals surface area contributed by atoms with E-state index in [2.05, 4.69) is 21.5 Å². The average molecular weight is 324 g/mol. The highest BCUT2D eigenvalue weighted by atomic mass is 16.2. The van der Waals surface area contributed by atoms with Crippen LogP contribution in [0.25, 0.3) is 0 Å². The Labute approximate surface area is 142 Å². The van der Waals surface area contributed by atoms with Crippen LogP contribution in [-0.4, -0.2) is 38.4 Å². The number of carbonyl (C=O) groups excluding carboxylic acids is 1. The van der Waals surface area contributed by atoms with Gasteiger partial charge in [0.2, 0.25) is 5.91 Å². The molecule has 1 amide bonds. The van der Waals surface area contributed by atoms with Gasteiger partial charge in [0.05, 0.1) is 6.42 Å². The lowest BCUT2D eigenvalue weighted by molar-refractivity contribution is -0.129. The number of carbonyl (C=O) groups is 1. The molecule has 1 unspecified atom stereocenters. The van der Waals surface area contributed by atoms with Crippen LogP contribution in [0, 0.1) is 12.8 Å². The third kappa shape index (κ3) is 3.21. The first-order valence-corrected chi connectivity index (χ1v) is 8.89. The maximum atomic E-state index is 12.5. The van der Waals surface area contributed by atoms with Crippen LogP contribution >= 0.6 is 0 Å². The van der Waals surface area contributed by atoms with Crippen LogP contribution in [0.5, 0.6) is 0 Å². The van der Waals surface area contributed by atoms with Crippen molar-refractivity contribution in [2.24, 2.45) is 5.92 Å². The zero-order chi connectivity index (χ0) is 16.5. The van der Waals surface area contributed by atoms with E-state index in [1.807, 2.05) is 23.2 Å². The van der Waals surface area contributed by atoms with Crippen molar-refractivity contribution in [3.05, 3.63) is 47.8 Å². The molecule has 24 heavy (non-hydrogen) atoms. The van der Waals surface area contributed by atoms with E-state index >= 15 is 0 Å². The summed E-state index contributed by atoms with van der Waals surface area (Å²) in [6.07, 6.45) is 9.60. The standard InChI is InChI=1S/C19H24N4O/c1-14-10-21-19(17-4-5-17)23(14)13-16-6-8-22(12-16)18(24)9-15-3-2-7-20-11-15/h2-3,7,10-11,16-17H,4-6,8-9,12-13H2,1H3. The van der Waals surface area contributed by atoms with E-state index in [9.17, 15) is 4.79 Å². The number of likely N-dealkylation sites (tertiary alicyclic amines) is 1. The van der Waals surface area contributed by atoms with Crippen molar-refractivity contribution in [3.8, 4) is 0 Å². The van der Waals surface area contributed by atoms with Crippen molar-refractivity contribution in [1.29, 1.82) is 0 Å². The lowest BCUT2D eigenvalue weighted by Crippen LogP contribution is -2.30. The van der Waals surface area contributed by atoms with Gasteiger partial charge in [-0.3, -0.25) is 9.78 Å². The van der Waals surface area contributed by atoms with Crippen molar-refractivity contribution in [2.45, 2.75) is 45.1 Å². The summed E-state index contributed by atoms with van der Waals surface area (Å²) in [4.78, 5) is 23.2. The first kappa shape index (κ1) is 15.4. The smallest absolute Gasteiger partial charge is 0.227 e. The Hall–Kier alpha value is -2.17. The second-order valence-electron chi connectivity index (χ2n) is 7.18. The molecule has 1 aliphatic heterocycles. The highest BCUT2D eigenvalue weighted by Gasteiger charge is 2.31. The molecule has 1 saturated carbocycles. The molecule has 2 aliphatic rings. The second kappa shape index (κ2) is 6.38. The fourth-order valence-corrected chi connectivity index (χ4v) is 3.64. The quantitative estimate of drug-likeness (QED) is 0.849. The number of aryl methyl sites for hydroxylation is 1. The lowest BCUT2D eigenvalue weighted by Gasteiger charge is -2.18. The fraction of sp³-hybridized carbons (Fsp3) is 0.526. The Morgan fingerprint density at radius 1 is 1.29 bits per heavy atom. The summed E-state index contributed by atoms with van der Waals surface area (Å²) in [6.45, 7) is 4.87. The number of aromatic nitrogens is 3. The van der Waals surface area contributed by atoms with E-state index in [4.69, 9.17) is 0 Å². The van der Waals surface area contributed by atoms with Gasteiger partial charge in [-0.2, -0.15) is 0 Å².